The quantitative estimate of drug-likeness (QED) is 0.834. The molecule has 0 amide bonds. The van der Waals surface area contributed by atoms with Gasteiger partial charge in [-0.3, -0.25) is 4.90 Å². The number of hydrogen-bond donors (Lipinski definition) is 1. The number of nitrogens with zero attached hydrogens (tertiary/aromatic N) is 1. The highest BCUT2D eigenvalue weighted by molar-refractivity contribution is 5.85. The van der Waals surface area contributed by atoms with E-state index in [4.69, 9.17) is 9.47 Å². The zero-order valence-corrected chi connectivity index (χ0v) is 14.7. The van der Waals surface area contributed by atoms with Crippen LogP contribution in [0.5, 0.6) is 11.5 Å². The third-order valence-electron chi connectivity index (χ3n) is 4.40. The molecule has 0 radical (unpaired) electrons. The maximum absolute atomic E-state index is 5.49. The van der Waals surface area contributed by atoms with Crippen LogP contribution in [0.2, 0.25) is 0 Å². The van der Waals surface area contributed by atoms with Gasteiger partial charge in [-0.15, -0.1) is 12.4 Å². The Kier molecular flexibility index (Phi) is 8.61. The molecule has 0 aromatic heterocycles. The zero-order chi connectivity index (χ0) is 15.1. The van der Waals surface area contributed by atoms with Gasteiger partial charge in [0.05, 0.1) is 14.2 Å². The lowest BCUT2D eigenvalue weighted by Crippen LogP contribution is -2.34. The molecule has 0 saturated carbocycles. The molecule has 1 aromatic rings. The number of hydrogen-bond acceptors (Lipinski definition) is 4. The molecule has 0 bridgehead atoms. The predicted octanol–water partition coefficient (Wildman–Crippen LogP) is 2.95. The van der Waals surface area contributed by atoms with Crippen molar-refractivity contribution in [2.75, 3.05) is 40.9 Å². The summed E-state index contributed by atoms with van der Waals surface area (Å²) in [5, 5.41) is 3.25. The minimum Gasteiger partial charge on any atom is -0.497 e. The van der Waals surface area contributed by atoms with Gasteiger partial charge in [0.25, 0.3) is 0 Å². The Bertz CT molecular complexity index is 435. The van der Waals surface area contributed by atoms with Crippen molar-refractivity contribution in [1.29, 1.82) is 0 Å². The molecule has 1 fully saturated rings. The fraction of sp³-hybridized carbons (Fsp3) is 0.647. The predicted molar refractivity (Wildman–Crippen MR) is 93.3 cm³/mol. The van der Waals surface area contributed by atoms with E-state index in [-0.39, 0.29) is 12.4 Å². The molecule has 1 heterocycles. The molecule has 2 rings (SSSR count). The third-order valence-corrected chi connectivity index (χ3v) is 4.40. The molecule has 0 spiro atoms. The minimum atomic E-state index is 0. The lowest BCUT2D eigenvalue weighted by atomic mass is 9.93. The molecule has 0 atom stereocenters. The SMILES string of the molecule is CNCCC1CCN(Cc2ccc(OC)cc2OC)CC1.Cl. The van der Waals surface area contributed by atoms with E-state index in [0.717, 1.165) is 30.5 Å². The lowest BCUT2D eigenvalue weighted by Gasteiger charge is -2.32. The van der Waals surface area contributed by atoms with Crippen molar-refractivity contribution in [2.45, 2.75) is 25.8 Å². The van der Waals surface area contributed by atoms with Gasteiger partial charge >= 0.3 is 0 Å². The van der Waals surface area contributed by atoms with Crippen LogP contribution in [-0.2, 0) is 6.54 Å². The highest BCUT2D eigenvalue weighted by atomic mass is 35.5. The van der Waals surface area contributed by atoms with Crippen LogP contribution in [0.15, 0.2) is 18.2 Å². The second-order valence-corrected chi connectivity index (χ2v) is 5.79. The number of piperidine rings is 1. The van der Waals surface area contributed by atoms with Crippen molar-refractivity contribution in [1.82, 2.24) is 10.2 Å². The van der Waals surface area contributed by atoms with Crippen molar-refractivity contribution in [3.05, 3.63) is 23.8 Å². The van der Waals surface area contributed by atoms with Crippen molar-refractivity contribution in [2.24, 2.45) is 5.92 Å². The number of likely N-dealkylation sites (tertiary alicyclic amines) is 1. The first-order valence-corrected chi connectivity index (χ1v) is 7.84. The molecule has 1 aliphatic rings. The molecule has 1 aliphatic heterocycles. The average Bonchev–Trinajstić information content (AvgIpc) is 2.54. The maximum Gasteiger partial charge on any atom is 0.127 e. The first-order valence-electron chi connectivity index (χ1n) is 7.84. The van der Waals surface area contributed by atoms with Crippen molar-refractivity contribution < 1.29 is 9.47 Å². The van der Waals surface area contributed by atoms with E-state index in [2.05, 4.69) is 16.3 Å². The summed E-state index contributed by atoms with van der Waals surface area (Å²) < 4.78 is 10.7. The molecule has 126 valence electrons. The highest BCUT2D eigenvalue weighted by Gasteiger charge is 2.19. The van der Waals surface area contributed by atoms with Crippen LogP contribution in [0.4, 0.5) is 0 Å². The van der Waals surface area contributed by atoms with Crippen LogP contribution in [-0.4, -0.2) is 45.8 Å². The van der Waals surface area contributed by atoms with Gasteiger partial charge in [0.15, 0.2) is 0 Å². The second kappa shape index (κ2) is 9.93. The summed E-state index contributed by atoms with van der Waals surface area (Å²) in [5.74, 6) is 2.65. The largest absolute Gasteiger partial charge is 0.497 e. The Labute approximate surface area is 140 Å². The van der Waals surface area contributed by atoms with Gasteiger partial charge in [-0.1, -0.05) is 6.07 Å². The van der Waals surface area contributed by atoms with Crippen LogP contribution >= 0.6 is 12.4 Å². The molecule has 4 nitrogen and oxygen atoms in total. The lowest BCUT2D eigenvalue weighted by molar-refractivity contribution is 0.171. The van der Waals surface area contributed by atoms with Crippen LogP contribution in [0.25, 0.3) is 0 Å². The van der Waals surface area contributed by atoms with Gasteiger partial charge in [-0.05, 0) is 57.9 Å². The molecule has 22 heavy (non-hydrogen) atoms. The summed E-state index contributed by atoms with van der Waals surface area (Å²) in [6.07, 6.45) is 3.91. The van der Waals surface area contributed by atoms with E-state index >= 15 is 0 Å². The fourth-order valence-corrected chi connectivity index (χ4v) is 3.01. The van der Waals surface area contributed by atoms with E-state index in [1.807, 2.05) is 19.2 Å². The normalized spacial score (nSPS) is 16.1. The first-order chi connectivity index (χ1) is 10.3. The summed E-state index contributed by atoms with van der Waals surface area (Å²) in [6, 6.07) is 6.09. The molecule has 1 saturated heterocycles. The van der Waals surface area contributed by atoms with Gasteiger partial charge in [-0.2, -0.15) is 0 Å². The van der Waals surface area contributed by atoms with Gasteiger partial charge in [0.1, 0.15) is 11.5 Å². The van der Waals surface area contributed by atoms with Gasteiger partial charge in [0.2, 0.25) is 0 Å². The second-order valence-electron chi connectivity index (χ2n) is 5.79. The fourth-order valence-electron chi connectivity index (χ4n) is 3.01. The van der Waals surface area contributed by atoms with Gasteiger partial charge in [-0.25, -0.2) is 0 Å². The Balaban J connectivity index is 0.00000242. The van der Waals surface area contributed by atoms with E-state index in [0.29, 0.717) is 0 Å². The highest BCUT2D eigenvalue weighted by Crippen LogP contribution is 2.27. The van der Waals surface area contributed by atoms with Gasteiger partial charge in [0, 0.05) is 18.2 Å². The first kappa shape index (κ1) is 19.1. The summed E-state index contributed by atoms with van der Waals surface area (Å²) in [6.45, 7) is 4.47. The Morgan fingerprint density at radius 1 is 1.18 bits per heavy atom. The number of methoxy groups -OCH3 is 2. The summed E-state index contributed by atoms with van der Waals surface area (Å²) in [5.41, 5.74) is 1.24. The maximum atomic E-state index is 5.49. The topological polar surface area (TPSA) is 33.7 Å². The van der Waals surface area contributed by atoms with Crippen LogP contribution in [0.1, 0.15) is 24.8 Å². The molecule has 0 aliphatic carbocycles. The smallest absolute Gasteiger partial charge is 0.127 e. The Morgan fingerprint density at radius 2 is 1.91 bits per heavy atom. The summed E-state index contributed by atoms with van der Waals surface area (Å²) in [4.78, 5) is 2.53. The van der Waals surface area contributed by atoms with E-state index < -0.39 is 0 Å². The number of halogens is 1. The van der Waals surface area contributed by atoms with Crippen molar-refractivity contribution in [3.8, 4) is 11.5 Å². The standard InChI is InChI=1S/C17H28N2O2.ClH/c1-18-9-6-14-7-10-19(11-8-14)13-15-4-5-16(20-2)12-17(15)21-3;/h4-5,12,14,18H,6-11,13H2,1-3H3;1H. The van der Waals surface area contributed by atoms with E-state index in [1.165, 1.54) is 37.9 Å². The number of rotatable bonds is 7. The number of benzene rings is 1. The zero-order valence-electron chi connectivity index (χ0n) is 13.9. The molecule has 1 N–H and O–H groups in total. The van der Waals surface area contributed by atoms with E-state index in [1.54, 1.807) is 14.2 Å². The molecule has 5 heteroatoms. The number of ether oxygens (including phenoxy) is 2. The Hall–Kier alpha value is -0.970. The third kappa shape index (κ3) is 5.34. The van der Waals surface area contributed by atoms with E-state index in [9.17, 15) is 0 Å². The van der Waals surface area contributed by atoms with Crippen LogP contribution in [0, 0.1) is 5.92 Å². The van der Waals surface area contributed by atoms with Crippen LogP contribution in [0.3, 0.4) is 0 Å². The number of nitrogens with one attached hydrogen (secondary N) is 1. The van der Waals surface area contributed by atoms with Crippen molar-refractivity contribution >= 4 is 12.4 Å². The molecular formula is C17H29ClN2O2. The summed E-state index contributed by atoms with van der Waals surface area (Å²) >= 11 is 0. The van der Waals surface area contributed by atoms with Crippen LogP contribution < -0.4 is 14.8 Å². The molecule has 1 aromatic carbocycles. The summed E-state index contributed by atoms with van der Waals surface area (Å²) in [7, 11) is 5.44. The minimum absolute atomic E-state index is 0. The average molecular weight is 329 g/mol. The Morgan fingerprint density at radius 3 is 2.50 bits per heavy atom. The molecule has 0 unspecified atom stereocenters. The van der Waals surface area contributed by atoms with Crippen molar-refractivity contribution in [3.63, 3.8) is 0 Å². The molecular weight excluding hydrogens is 300 g/mol. The van der Waals surface area contributed by atoms with Gasteiger partial charge < -0.3 is 14.8 Å². The monoisotopic (exact) mass is 328 g/mol.